The fourth-order valence-electron chi connectivity index (χ4n) is 5.13. The second-order valence-electron chi connectivity index (χ2n) is 8.48. The minimum absolute atomic E-state index is 0.246. The van der Waals surface area contributed by atoms with Crippen molar-refractivity contribution in [2.45, 2.75) is 32.1 Å². The Kier molecular flexibility index (Phi) is 3.98. The zero-order valence-corrected chi connectivity index (χ0v) is 15.9. The van der Waals surface area contributed by atoms with Gasteiger partial charge in [-0.05, 0) is 74.2 Å². The molecule has 2 N–H and O–H groups in total. The van der Waals surface area contributed by atoms with Gasteiger partial charge in [-0.15, -0.1) is 0 Å². The fourth-order valence-corrected chi connectivity index (χ4v) is 5.13. The number of fused-ring (bicyclic) bond motifs is 2. The van der Waals surface area contributed by atoms with Crippen molar-refractivity contribution >= 4 is 17.2 Å². The van der Waals surface area contributed by atoms with Gasteiger partial charge in [-0.25, -0.2) is 9.18 Å². The first-order chi connectivity index (χ1) is 13.5. The van der Waals surface area contributed by atoms with Gasteiger partial charge in [0.25, 0.3) is 5.56 Å². The average Bonchev–Trinajstić information content (AvgIpc) is 3.39. The first kappa shape index (κ1) is 17.7. The van der Waals surface area contributed by atoms with Crippen molar-refractivity contribution in [2.24, 2.45) is 11.8 Å². The van der Waals surface area contributed by atoms with E-state index >= 15 is 4.39 Å². The number of halogens is 1. The third-order valence-electron chi connectivity index (χ3n) is 6.71. The lowest BCUT2D eigenvalue weighted by Crippen LogP contribution is -2.41. The van der Waals surface area contributed by atoms with Gasteiger partial charge in [0.2, 0.25) is 0 Å². The van der Waals surface area contributed by atoms with Gasteiger partial charge in [0.1, 0.15) is 5.56 Å². The SMILES string of the molecule is Cc1c(N2CCC3CNCC3C2)c(F)cn2c(=O)c(C(=O)O)cc(C3CC3)c12. The molecule has 2 aromatic heterocycles. The number of aromatic carboxylic acids is 1. The molecule has 5 rings (SSSR count). The smallest absolute Gasteiger partial charge is 0.341 e. The standard InChI is InChI=1S/C21H24FN3O3/c1-11-18-15(12-2-3-12)6-16(21(27)28)20(26)25(18)10-17(22)19(11)24-5-4-13-7-23-8-14(13)9-24/h6,10,12-14,23H,2-5,7-9H2,1H3,(H,27,28). The Morgan fingerprint density at radius 2 is 2.00 bits per heavy atom. The molecular weight excluding hydrogens is 361 g/mol. The Morgan fingerprint density at radius 3 is 2.71 bits per heavy atom. The molecule has 2 unspecified atom stereocenters. The third kappa shape index (κ3) is 2.64. The van der Waals surface area contributed by atoms with E-state index in [4.69, 9.17) is 0 Å². The molecule has 0 radical (unpaired) electrons. The van der Waals surface area contributed by atoms with E-state index in [0.29, 0.717) is 23.0 Å². The first-order valence-corrected chi connectivity index (χ1v) is 10.0. The molecule has 28 heavy (non-hydrogen) atoms. The number of aryl methyl sites for hydroxylation is 1. The zero-order valence-electron chi connectivity index (χ0n) is 15.9. The molecule has 1 saturated carbocycles. The Balaban J connectivity index is 1.69. The molecule has 1 aliphatic carbocycles. The lowest BCUT2D eigenvalue weighted by atomic mass is 9.88. The van der Waals surface area contributed by atoms with E-state index in [-0.39, 0.29) is 11.5 Å². The molecule has 0 aromatic carbocycles. The zero-order chi connectivity index (χ0) is 19.6. The molecule has 3 aliphatic rings. The Morgan fingerprint density at radius 1 is 1.25 bits per heavy atom. The van der Waals surface area contributed by atoms with Gasteiger partial charge in [-0.2, -0.15) is 0 Å². The van der Waals surface area contributed by atoms with Crippen LogP contribution in [-0.2, 0) is 0 Å². The van der Waals surface area contributed by atoms with Crippen LogP contribution in [0.15, 0.2) is 17.1 Å². The van der Waals surface area contributed by atoms with Crippen LogP contribution in [0, 0.1) is 24.6 Å². The van der Waals surface area contributed by atoms with Crippen molar-refractivity contribution in [3.05, 3.63) is 45.1 Å². The average molecular weight is 385 g/mol. The number of pyridine rings is 2. The van der Waals surface area contributed by atoms with Crippen molar-refractivity contribution < 1.29 is 14.3 Å². The summed E-state index contributed by atoms with van der Waals surface area (Å²) in [6.45, 7) is 5.47. The van der Waals surface area contributed by atoms with Crippen molar-refractivity contribution in [3.8, 4) is 0 Å². The van der Waals surface area contributed by atoms with E-state index in [1.54, 1.807) is 0 Å². The number of carbonyl (C=O) groups is 1. The first-order valence-electron chi connectivity index (χ1n) is 10.0. The van der Waals surface area contributed by atoms with E-state index in [9.17, 15) is 14.7 Å². The molecule has 3 fully saturated rings. The second kappa shape index (κ2) is 6.30. The summed E-state index contributed by atoms with van der Waals surface area (Å²) in [5, 5.41) is 12.8. The number of rotatable bonds is 3. The highest BCUT2D eigenvalue weighted by Gasteiger charge is 2.35. The third-order valence-corrected chi connectivity index (χ3v) is 6.71. The largest absolute Gasteiger partial charge is 0.477 e. The van der Waals surface area contributed by atoms with Crippen LogP contribution in [0.5, 0.6) is 0 Å². The molecule has 148 valence electrons. The van der Waals surface area contributed by atoms with E-state index in [0.717, 1.165) is 56.6 Å². The predicted octanol–water partition coefficient (Wildman–Crippen LogP) is 2.37. The molecule has 2 aromatic rings. The lowest BCUT2D eigenvalue weighted by molar-refractivity contribution is 0.0694. The molecular formula is C21H24FN3O3. The highest BCUT2D eigenvalue weighted by atomic mass is 19.1. The van der Waals surface area contributed by atoms with Crippen LogP contribution in [0.3, 0.4) is 0 Å². The molecule has 2 aliphatic heterocycles. The van der Waals surface area contributed by atoms with Crippen LogP contribution in [0.4, 0.5) is 10.1 Å². The lowest BCUT2D eigenvalue weighted by Gasteiger charge is -2.37. The quantitative estimate of drug-likeness (QED) is 0.849. The van der Waals surface area contributed by atoms with E-state index in [2.05, 4.69) is 10.2 Å². The van der Waals surface area contributed by atoms with Crippen molar-refractivity contribution in [1.82, 2.24) is 9.72 Å². The van der Waals surface area contributed by atoms with Gasteiger partial charge in [-0.3, -0.25) is 9.20 Å². The van der Waals surface area contributed by atoms with Crippen LogP contribution in [-0.4, -0.2) is 41.7 Å². The minimum Gasteiger partial charge on any atom is -0.477 e. The van der Waals surface area contributed by atoms with Gasteiger partial charge in [0.05, 0.1) is 17.4 Å². The highest BCUT2D eigenvalue weighted by molar-refractivity contribution is 5.89. The van der Waals surface area contributed by atoms with Crippen LogP contribution >= 0.6 is 0 Å². The molecule has 2 saturated heterocycles. The molecule has 0 amide bonds. The molecule has 4 heterocycles. The number of aromatic nitrogens is 1. The predicted molar refractivity (Wildman–Crippen MR) is 104 cm³/mol. The van der Waals surface area contributed by atoms with E-state index < -0.39 is 17.3 Å². The maximum atomic E-state index is 15.2. The van der Waals surface area contributed by atoms with E-state index in [1.807, 2.05) is 6.92 Å². The topological polar surface area (TPSA) is 74.0 Å². The number of nitrogens with zero attached hydrogens (tertiary/aromatic N) is 2. The van der Waals surface area contributed by atoms with Gasteiger partial charge < -0.3 is 15.3 Å². The monoisotopic (exact) mass is 385 g/mol. The minimum atomic E-state index is -1.26. The summed E-state index contributed by atoms with van der Waals surface area (Å²) >= 11 is 0. The molecule has 7 heteroatoms. The Labute approximate surface area is 162 Å². The van der Waals surface area contributed by atoms with Crippen molar-refractivity contribution in [1.29, 1.82) is 0 Å². The van der Waals surface area contributed by atoms with Crippen molar-refractivity contribution in [3.63, 3.8) is 0 Å². The molecule has 6 nitrogen and oxygen atoms in total. The van der Waals surface area contributed by atoms with Crippen LogP contribution < -0.4 is 15.8 Å². The summed E-state index contributed by atoms with van der Waals surface area (Å²) in [6.07, 6.45) is 4.16. The van der Waals surface area contributed by atoms with Gasteiger partial charge in [0, 0.05) is 13.1 Å². The Hall–Kier alpha value is -2.41. The second-order valence-corrected chi connectivity index (χ2v) is 8.48. The summed E-state index contributed by atoms with van der Waals surface area (Å²) in [4.78, 5) is 26.3. The van der Waals surface area contributed by atoms with Crippen molar-refractivity contribution in [2.75, 3.05) is 31.1 Å². The number of piperidine rings is 1. The maximum absolute atomic E-state index is 15.2. The van der Waals surface area contributed by atoms with Gasteiger partial charge in [-0.1, -0.05) is 0 Å². The molecule has 2 atom stereocenters. The number of carboxylic acid groups (broad SMARTS) is 1. The summed E-state index contributed by atoms with van der Waals surface area (Å²) < 4.78 is 16.4. The summed E-state index contributed by atoms with van der Waals surface area (Å²) in [6, 6.07) is 1.51. The van der Waals surface area contributed by atoms with Gasteiger partial charge >= 0.3 is 5.97 Å². The molecule has 0 spiro atoms. The highest BCUT2D eigenvalue weighted by Crippen LogP contribution is 2.44. The normalized spacial score (nSPS) is 24.6. The van der Waals surface area contributed by atoms with Crippen LogP contribution in [0.25, 0.3) is 5.52 Å². The maximum Gasteiger partial charge on any atom is 0.341 e. The van der Waals surface area contributed by atoms with Crippen LogP contribution in [0.2, 0.25) is 0 Å². The summed E-state index contributed by atoms with van der Waals surface area (Å²) in [5.74, 6) is -0.304. The number of hydrogen-bond acceptors (Lipinski definition) is 4. The summed E-state index contributed by atoms with van der Waals surface area (Å²) in [7, 11) is 0. The van der Waals surface area contributed by atoms with Gasteiger partial charge in [0.15, 0.2) is 5.82 Å². The van der Waals surface area contributed by atoms with E-state index in [1.165, 1.54) is 16.7 Å². The summed E-state index contributed by atoms with van der Waals surface area (Å²) in [5.41, 5.74) is 1.88. The van der Waals surface area contributed by atoms with Crippen LogP contribution in [0.1, 0.15) is 46.7 Å². The fraction of sp³-hybridized carbons (Fsp3) is 0.524. The molecule has 0 bridgehead atoms. The Bertz CT molecular complexity index is 1040. The number of carboxylic acids is 1. The number of hydrogen-bond donors (Lipinski definition) is 2. The number of anilines is 1. The number of nitrogens with one attached hydrogen (secondary N) is 1.